The quantitative estimate of drug-likeness (QED) is 0.794. The summed E-state index contributed by atoms with van der Waals surface area (Å²) < 4.78 is 0. The summed E-state index contributed by atoms with van der Waals surface area (Å²) in [5.41, 5.74) is 6.68. The molecular weight excluding hydrogens is 266 g/mol. The van der Waals surface area contributed by atoms with Crippen LogP contribution in [0.4, 0.5) is 5.69 Å². The second-order valence-electron chi connectivity index (χ2n) is 6.54. The van der Waals surface area contributed by atoms with Crippen LogP contribution in [0, 0.1) is 5.92 Å². The van der Waals surface area contributed by atoms with Gasteiger partial charge >= 0.3 is 0 Å². The number of nitrogens with one attached hydrogen (secondary N) is 2. The van der Waals surface area contributed by atoms with Crippen molar-refractivity contribution in [3.63, 3.8) is 0 Å². The summed E-state index contributed by atoms with van der Waals surface area (Å²) >= 11 is 0. The van der Waals surface area contributed by atoms with Crippen LogP contribution in [0.2, 0.25) is 0 Å². The zero-order valence-electron chi connectivity index (χ0n) is 13.4. The van der Waals surface area contributed by atoms with Crippen molar-refractivity contribution >= 4 is 17.5 Å². The van der Waals surface area contributed by atoms with Crippen LogP contribution in [0.3, 0.4) is 0 Å². The highest BCUT2D eigenvalue weighted by Gasteiger charge is 2.18. The first-order chi connectivity index (χ1) is 9.60. The van der Waals surface area contributed by atoms with Crippen LogP contribution in [-0.2, 0) is 4.79 Å². The molecule has 1 rings (SSSR count). The molecule has 1 aromatic rings. The SMILES string of the molecule is CC(C)[C@H](N)C(=O)Nc1ccc(C(=O)NC(C)(C)C)cc1. The van der Waals surface area contributed by atoms with Crippen molar-refractivity contribution in [1.29, 1.82) is 0 Å². The summed E-state index contributed by atoms with van der Waals surface area (Å²) in [6.45, 7) is 9.56. The maximum Gasteiger partial charge on any atom is 0.251 e. The first kappa shape index (κ1) is 17.2. The molecule has 0 radical (unpaired) electrons. The van der Waals surface area contributed by atoms with Gasteiger partial charge in [-0.15, -0.1) is 0 Å². The summed E-state index contributed by atoms with van der Waals surface area (Å²) in [6, 6.07) is 6.20. The van der Waals surface area contributed by atoms with E-state index >= 15 is 0 Å². The minimum Gasteiger partial charge on any atom is -0.347 e. The lowest BCUT2D eigenvalue weighted by molar-refractivity contribution is -0.118. The minimum absolute atomic E-state index is 0.0711. The van der Waals surface area contributed by atoms with Gasteiger partial charge in [-0.2, -0.15) is 0 Å². The lowest BCUT2D eigenvalue weighted by Crippen LogP contribution is -2.40. The topological polar surface area (TPSA) is 84.2 Å². The highest BCUT2D eigenvalue weighted by Crippen LogP contribution is 2.12. The number of carbonyl (C=O) groups excluding carboxylic acids is 2. The number of carbonyl (C=O) groups is 2. The molecule has 0 aliphatic heterocycles. The molecule has 1 atom stereocenters. The maximum absolute atomic E-state index is 12.0. The van der Waals surface area contributed by atoms with E-state index in [1.807, 2.05) is 34.6 Å². The van der Waals surface area contributed by atoms with E-state index in [1.54, 1.807) is 24.3 Å². The van der Waals surface area contributed by atoms with E-state index in [4.69, 9.17) is 5.73 Å². The molecule has 0 unspecified atom stereocenters. The van der Waals surface area contributed by atoms with Gasteiger partial charge in [-0.1, -0.05) is 13.8 Å². The average Bonchev–Trinajstić information content (AvgIpc) is 2.36. The van der Waals surface area contributed by atoms with E-state index in [9.17, 15) is 9.59 Å². The summed E-state index contributed by atoms with van der Waals surface area (Å²) in [6.07, 6.45) is 0. The zero-order valence-corrected chi connectivity index (χ0v) is 13.4. The molecule has 4 N–H and O–H groups in total. The van der Waals surface area contributed by atoms with Crippen LogP contribution in [0.5, 0.6) is 0 Å². The Labute approximate surface area is 126 Å². The van der Waals surface area contributed by atoms with Gasteiger partial charge in [0.25, 0.3) is 5.91 Å². The predicted molar refractivity (Wildman–Crippen MR) is 85.1 cm³/mol. The van der Waals surface area contributed by atoms with Gasteiger partial charge in [0.1, 0.15) is 0 Å². The molecule has 0 bridgehead atoms. The summed E-state index contributed by atoms with van der Waals surface area (Å²) in [5.74, 6) is -0.294. The molecule has 21 heavy (non-hydrogen) atoms. The molecule has 1 aromatic carbocycles. The molecule has 2 amide bonds. The molecular formula is C16H25N3O2. The van der Waals surface area contributed by atoms with Gasteiger partial charge in [-0.05, 0) is 51.0 Å². The first-order valence-corrected chi connectivity index (χ1v) is 7.09. The van der Waals surface area contributed by atoms with Crippen LogP contribution in [0.15, 0.2) is 24.3 Å². The van der Waals surface area contributed by atoms with Gasteiger partial charge in [-0.3, -0.25) is 9.59 Å². The fourth-order valence-corrected chi connectivity index (χ4v) is 1.65. The Morgan fingerprint density at radius 2 is 1.62 bits per heavy atom. The smallest absolute Gasteiger partial charge is 0.251 e. The number of rotatable bonds is 4. The second-order valence-corrected chi connectivity index (χ2v) is 6.54. The highest BCUT2D eigenvalue weighted by atomic mass is 16.2. The monoisotopic (exact) mass is 291 g/mol. The van der Waals surface area contributed by atoms with Crippen molar-refractivity contribution in [3.8, 4) is 0 Å². The third kappa shape index (κ3) is 5.55. The fourth-order valence-electron chi connectivity index (χ4n) is 1.65. The average molecular weight is 291 g/mol. The van der Waals surface area contributed by atoms with Gasteiger partial charge in [0.2, 0.25) is 5.91 Å². The van der Waals surface area contributed by atoms with Crippen LogP contribution in [0.1, 0.15) is 45.0 Å². The Hall–Kier alpha value is -1.88. The number of hydrogen-bond acceptors (Lipinski definition) is 3. The molecule has 116 valence electrons. The molecule has 0 aliphatic rings. The van der Waals surface area contributed by atoms with Crippen molar-refractivity contribution in [1.82, 2.24) is 5.32 Å². The Morgan fingerprint density at radius 1 is 1.10 bits per heavy atom. The van der Waals surface area contributed by atoms with Gasteiger partial charge in [-0.25, -0.2) is 0 Å². The van der Waals surface area contributed by atoms with E-state index in [1.165, 1.54) is 0 Å². The Balaban J connectivity index is 2.70. The van der Waals surface area contributed by atoms with E-state index < -0.39 is 6.04 Å². The van der Waals surface area contributed by atoms with Crippen LogP contribution < -0.4 is 16.4 Å². The standard InChI is InChI=1S/C16H25N3O2/c1-10(2)13(17)15(21)18-12-8-6-11(7-9-12)14(20)19-16(3,4)5/h6-10,13H,17H2,1-5H3,(H,18,21)(H,19,20)/t13-/m0/s1. The third-order valence-corrected chi connectivity index (χ3v) is 2.92. The Morgan fingerprint density at radius 3 is 2.05 bits per heavy atom. The normalized spacial score (nSPS) is 12.9. The van der Waals surface area contributed by atoms with Crippen LogP contribution in [-0.4, -0.2) is 23.4 Å². The predicted octanol–water partition coefficient (Wildman–Crippen LogP) is 2.14. The molecule has 0 spiro atoms. The van der Waals surface area contributed by atoms with Crippen molar-refractivity contribution in [2.24, 2.45) is 11.7 Å². The number of benzene rings is 1. The zero-order chi connectivity index (χ0) is 16.2. The van der Waals surface area contributed by atoms with Gasteiger partial charge in [0.05, 0.1) is 6.04 Å². The molecule has 0 aromatic heterocycles. The number of nitrogens with two attached hydrogens (primary N) is 1. The number of anilines is 1. The van der Waals surface area contributed by atoms with Gasteiger partial charge in [0, 0.05) is 16.8 Å². The second kappa shape index (κ2) is 6.72. The molecule has 5 nitrogen and oxygen atoms in total. The summed E-state index contributed by atoms with van der Waals surface area (Å²) in [5, 5.41) is 5.62. The molecule has 0 saturated heterocycles. The Kier molecular flexibility index (Phi) is 5.49. The van der Waals surface area contributed by atoms with Crippen molar-refractivity contribution < 1.29 is 9.59 Å². The van der Waals surface area contributed by atoms with E-state index in [0.717, 1.165) is 0 Å². The maximum atomic E-state index is 12.0. The molecule has 0 heterocycles. The van der Waals surface area contributed by atoms with E-state index in [0.29, 0.717) is 11.3 Å². The minimum atomic E-state index is -0.547. The lowest BCUT2D eigenvalue weighted by Gasteiger charge is -2.20. The summed E-state index contributed by atoms with van der Waals surface area (Å²) in [4.78, 5) is 23.8. The fraction of sp³-hybridized carbons (Fsp3) is 0.500. The largest absolute Gasteiger partial charge is 0.347 e. The van der Waals surface area contributed by atoms with E-state index in [2.05, 4.69) is 10.6 Å². The first-order valence-electron chi connectivity index (χ1n) is 7.09. The van der Waals surface area contributed by atoms with Crippen molar-refractivity contribution in [3.05, 3.63) is 29.8 Å². The van der Waals surface area contributed by atoms with E-state index in [-0.39, 0.29) is 23.3 Å². The van der Waals surface area contributed by atoms with Gasteiger partial charge in [0.15, 0.2) is 0 Å². The Bertz CT molecular complexity index is 501. The highest BCUT2D eigenvalue weighted by molar-refractivity contribution is 5.97. The summed E-state index contributed by atoms with van der Waals surface area (Å²) in [7, 11) is 0. The molecule has 0 fully saturated rings. The molecule has 0 aliphatic carbocycles. The number of amides is 2. The third-order valence-electron chi connectivity index (χ3n) is 2.92. The molecule has 5 heteroatoms. The number of hydrogen-bond donors (Lipinski definition) is 3. The lowest BCUT2D eigenvalue weighted by atomic mass is 10.0. The van der Waals surface area contributed by atoms with Gasteiger partial charge < -0.3 is 16.4 Å². The van der Waals surface area contributed by atoms with Crippen LogP contribution in [0.25, 0.3) is 0 Å². The van der Waals surface area contributed by atoms with Crippen molar-refractivity contribution in [2.45, 2.75) is 46.2 Å². The molecule has 0 saturated carbocycles. The van der Waals surface area contributed by atoms with Crippen molar-refractivity contribution in [2.75, 3.05) is 5.32 Å². The van der Waals surface area contributed by atoms with Crippen LogP contribution >= 0.6 is 0 Å².